The van der Waals surface area contributed by atoms with Gasteiger partial charge in [0.05, 0.1) is 23.4 Å². The molecule has 0 amide bonds. The van der Waals surface area contributed by atoms with Crippen molar-refractivity contribution < 1.29 is 8.42 Å². The number of rotatable bonds is 4. The van der Waals surface area contributed by atoms with Gasteiger partial charge in [0.25, 0.3) is 0 Å². The van der Waals surface area contributed by atoms with E-state index >= 15 is 0 Å². The molecule has 2 N–H and O–H groups in total. The fourth-order valence-electron chi connectivity index (χ4n) is 2.38. The first-order chi connectivity index (χ1) is 10.9. The van der Waals surface area contributed by atoms with Crippen molar-refractivity contribution in [2.45, 2.75) is 19.4 Å². The van der Waals surface area contributed by atoms with Gasteiger partial charge in [0, 0.05) is 10.5 Å². The van der Waals surface area contributed by atoms with Crippen LogP contribution in [0.4, 0.5) is 17.5 Å². The molecule has 0 saturated carbocycles. The van der Waals surface area contributed by atoms with Gasteiger partial charge < -0.3 is 10.6 Å². The molecule has 2 aromatic rings. The number of hydrogen-bond acceptors (Lipinski definition) is 7. The van der Waals surface area contributed by atoms with Crippen molar-refractivity contribution in [3.05, 3.63) is 34.4 Å². The average molecular weight is 398 g/mol. The van der Waals surface area contributed by atoms with E-state index in [0.717, 1.165) is 15.7 Å². The molecule has 1 aliphatic rings. The third-order valence-electron chi connectivity index (χ3n) is 3.51. The number of benzene rings is 1. The second-order valence-corrected chi connectivity index (χ2v) is 8.60. The van der Waals surface area contributed by atoms with Crippen molar-refractivity contribution in [2.24, 2.45) is 0 Å². The van der Waals surface area contributed by atoms with Crippen LogP contribution in [0.3, 0.4) is 0 Å². The van der Waals surface area contributed by atoms with Gasteiger partial charge in [0.15, 0.2) is 15.7 Å². The number of aryl methyl sites for hydroxylation is 1. The van der Waals surface area contributed by atoms with Gasteiger partial charge >= 0.3 is 0 Å². The zero-order chi connectivity index (χ0) is 16.4. The minimum Gasteiger partial charge on any atom is -0.349 e. The second kappa shape index (κ2) is 6.40. The van der Waals surface area contributed by atoms with Crippen molar-refractivity contribution in [3.8, 4) is 0 Å². The molecule has 9 heteroatoms. The Bertz CT molecular complexity index is 828. The summed E-state index contributed by atoms with van der Waals surface area (Å²) in [5.41, 5.74) is 2.01. The number of nitrogens with one attached hydrogen (secondary N) is 2. The Labute approximate surface area is 143 Å². The average Bonchev–Trinajstić information content (AvgIpc) is 2.81. The topological polar surface area (TPSA) is 96.9 Å². The monoisotopic (exact) mass is 397 g/mol. The van der Waals surface area contributed by atoms with Gasteiger partial charge in [-0.2, -0.15) is 10.1 Å². The lowest BCUT2D eigenvalue weighted by Crippen LogP contribution is -2.22. The number of halogens is 1. The maximum Gasteiger partial charge on any atom is 0.244 e. The fraction of sp³-hybridized carbons (Fsp3) is 0.357. The highest BCUT2D eigenvalue weighted by Crippen LogP contribution is 2.26. The summed E-state index contributed by atoms with van der Waals surface area (Å²) in [5.74, 6) is 1.16. The molecular weight excluding hydrogens is 382 g/mol. The summed E-state index contributed by atoms with van der Waals surface area (Å²) in [6.45, 7) is 2.01. The molecule has 1 aliphatic heterocycles. The highest BCUT2D eigenvalue weighted by Gasteiger charge is 2.28. The molecule has 1 atom stereocenters. The molecule has 1 fully saturated rings. The third kappa shape index (κ3) is 4.17. The maximum atomic E-state index is 11.5. The zero-order valence-electron chi connectivity index (χ0n) is 12.5. The summed E-state index contributed by atoms with van der Waals surface area (Å²) in [6, 6.07) is 5.77. The summed E-state index contributed by atoms with van der Waals surface area (Å²) < 4.78 is 23.9. The standard InChI is InChI=1S/C14H16BrN5O2S/c1-9-2-3-12(11(15)6-9)18-13-7-16-20-14(19-13)17-10-4-5-23(21,22)8-10/h2-3,6-7,10H,4-5,8H2,1H3,(H2,17,18,19,20). The Balaban J connectivity index is 1.72. The van der Waals surface area contributed by atoms with E-state index in [2.05, 4.69) is 41.7 Å². The van der Waals surface area contributed by atoms with Crippen LogP contribution >= 0.6 is 15.9 Å². The summed E-state index contributed by atoms with van der Waals surface area (Å²) in [5, 5.41) is 14.0. The van der Waals surface area contributed by atoms with Crippen LogP contribution in [0.5, 0.6) is 0 Å². The maximum absolute atomic E-state index is 11.5. The zero-order valence-corrected chi connectivity index (χ0v) is 14.9. The van der Waals surface area contributed by atoms with Crippen molar-refractivity contribution in [1.29, 1.82) is 0 Å². The molecule has 0 spiro atoms. The predicted molar refractivity (Wildman–Crippen MR) is 92.7 cm³/mol. The fourth-order valence-corrected chi connectivity index (χ4v) is 4.64. The highest BCUT2D eigenvalue weighted by molar-refractivity contribution is 9.10. The molecule has 2 heterocycles. The van der Waals surface area contributed by atoms with Crippen molar-refractivity contribution in [1.82, 2.24) is 15.2 Å². The molecule has 0 radical (unpaired) electrons. The van der Waals surface area contributed by atoms with Gasteiger partial charge in [-0.25, -0.2) is 8.42 Å². The Morgan fingerprint density at radius 3 is 2.87 bits per heavy atom. The normalized spacial score (nSPS) is 19.5. The number of aromatic nitrogens is 3. The van der Waals surface area contributed by atoms with Gasteiger partial charge in [-0.05, 0) is 47.0 Å². The number of sulfone groups is 1. The molecule has 3 rings (SSSR count). The van der Waals surface area contributed by atoms with Gasteiger partial charge in [-0.1, -0.05) is 6.07 Å². The van der Waals surface area contributed by atoms with Crippen molar-refractivity contribution in [3.63, 3.8) is 0 Å². The van der Waals surface area contributed by atoms with E-state index in [1.54, 1.807) is 0 Å². The third-order valence-corrected chi connectivity index (χ3v) is 5.94. The quantitative estimate of drug-likeness (QED) is 0.816. The van der Waals surface area contributed by atoms with Crippen LogP contribution in [0.25, 0.3) is 0 Å². The van der Waals surface area contributed by atoms with Crippen LogP contribution in [-0.2, 0) is 9.84 Å². The van der Waals surface area contributed by atoms with Gasteiger partial charge in [0.2, 0.25) is 5.95 Å². The molecular formula is C14H16BrN5O2S. The largest absolute Gasteiger partial charge is 0.349 e. The SMILES string of the molecule is Cc1ccc(Nc2cnnc(NC3CCS(=O)(=O)C3)n2)c(Br)c1. The molecule has 1 aromatic carbocycles. The Morgan fingerprint density at radius 1 is 1.35 bits per heavy atom. The minimum absolute atomic E-state index is 0.109. The van der Waals surface area contributed by atoms with E-state index in [0.29, 0.717) is 18.2 Å². The van der Waals surface area contributed by atoms with E-state index < -0.39 is 9.84 Å². The summed E-state index contributed by atoms with van der Waals surface area (Å²) in [7, 11) is -2.94. The van der Waals surface area contributed by atoms with E-state index in [1.807, 2.05) is 25.1 Å². The van der Waals surface area contributed by atoms with Crippen molar-refractivity contribution in [2.75, 3.05) is 22.1 Å². The molecule has 1 unspecified atom stereocenters. The first-order valence-corrected chi connectivity index (χ1v) is 9.72. The first-order valence-electron chi connectivity index (χ1n) is 7.11. The summed E-state index contributed by atoms with van der Waals surface area (Å²) in [4.78, 5) is 4.33. The molecule has 1 saturated heterocycles. The summed E-state index contributed by atoms with van der Waals surface area (Å²) in [6.07, 6.45) is 2.08. The molecule has 23 heavy (non-hydrogen) atoms. The van der Waals surface area contributed by atoms with Gasteiger partial charge in [-0.15, -0.1) is 5.10 Å². The second-order valence-electron chi connectivity index (χ2n) is 5.52. The number of anilines is 3. The Kier molecular flexibility index (Phi) is 4.49. The highest BCUT2D eigenvalue weighted by atomic mass is 79.9. The van der Waals surface area contributed by atoms with Crippen LogP contribution < -0.4 is 10.6 Å². The molecule has 0 aliphatic carbocycles. The van der Waals surface area contributed by atoms with E-state index in [-0.39, 0.29) is 17.5 Å². The molecule has 122 valence electrons. The van der Waals surface area contributed by atoms with Crippen LogP contribution in [-0.4, -0.2) is 41.1 Å². The van der Waals surface area contributed by atoms with Crippen LogP contribution in [0.1, 0.15) is 12.0 Å². The van der Waals surface area contributed by atoms with E-state index in [1.165, 1.54) is 6.20 Å². The summed E-state index contributed by atoms with van der Waals surface area (Å²) >= 11 is 3.50. The van der Waals surface area contributed by atoms with Gasteiger partial charge in [-0.3, -0.25) is 0 Å². The Morgan fingerprint density at radius 2 is 2.17 bits per heavy atom. The smallest absolute Gasteiger partial charge is 0.244 e. The predicted octanol–water partition coefficient (Wildman–Crippen LogP) is 2.29. The lowest BCUT2D eigenvalue weighted by atomic mass is 10.2. The number of hydrogen-bond donors (Lipinski definition) is 2. The Hall–Kier alpha value is -1.74. The first kappa shape index (κ1) is 16.1. The van der Waals surface area contributed by atoms with Crippen LogP contribution in [0.15, 0.2) is 28.9 Å². The van der Waals surface area contributed by atoms with Crippen LogP contribution in [0.2, 0.25) is 0 Å². The number of nitrogens with zero attached hydrogens (tertiary/aromatic N) is 3. The molecule has 1 aromatic heterocycles. The lowest BCUT2D eigenvalue weighted by molar-refractivity contribution is 0.602. The van der Waals surface area contributed by atoms with Gasteiger partial charge in [0.1, 0.15) is 0 Å². The molecule has 0 bridgehead atoms. The van der Waals surface area contributed by atoms with E-state index in [9.17, 15) is 8.42 Å². The van der Waals surface area contributed by atoms with Crippen molar-refractivity contribution >= 4 is 43.2 Å². The van der Waals surface area contributed by atoms with E-state index in [4.69, 9.17) is 0 Å². The minimum atomic E-state index is -2.94. The van der Waals surface area contributed by atoms with Crippen LogP contribution in [0, 0.1) is 6.92 Å². The molecule has 7 nitrogen and oxygen atoms in total. The lowest BCUT2D eigenvalue weighted by Gasteiger charge is -2.12.